The highest BCUT2D eigenvalue weighted by molar-refractivity contribution is 8.27. The smallest absolute Gasteiger partial charge is 0.296 e. The van der Waals surface area contributed by atoms with Crippen molar-refractivity contribution in [2.75, 3.05) is 22.9 Å². The number of benzene rings is 1. The molecular formula is C29H30N6O3S2. The van der Waals surface area contributed by atoms with Gasteiger partial charge in [-0.1, -0.05) is 49.1 Å². The van der Waals surface area contributed by atoms with Crippen molar-refractivity contribution in [2.24, 2.45) is 7.05 Å². The van der Waals surface area contributed by atoms with Crippen molar-refractivity contribution in [3.8, 4) is 11.8 Å². The lowest BCUT2D eigenvalue weighted by Gasteiger charge is -2.26. The van der Waals surface area contributed by atoms with Crippen molar-refractivity contribution in [3.63, 3.8) is 0 Å². The molecule has 0 atom stereocenters. The van der Waals surface area contributed by atoms with Gasteiger partial charge in [0.15, 0.2) is 4.32 Å². The Morgan fingerprint density at radius 2 is 1.75 bits per heavy atom. The zero-order valence-corrected chi connectivity index (χ0v) is 24.6. The number of hydrogen-bond acceptors (Lipinski definition) is 7. The summed E-state index contributed by atoms with van der Waals surface area (Å²) in [6.45, 7) is 7.57. The molecule has 1 aromatic carbocycles. The normalized spacial score (nSPS) is 16.4. The van der Waals surface area contributed by atoms with Gasteiger partial charge in [-0.25, -0.2) is 4.68 Å². The average molecular weight is 575 g/mol. The van der Waals surface area contributed by atoms with Crippen LogP contribution in [0.25, 0.3) is 11.8 Å². The van der Waals surface area contributed by atoms with Gasteiger partial charge in [0, 0.05) is 32.2 Å². The molecule has 206 valence electrons. The summed E-state index contributed by atoms with van der Waals surface area (Å²) in [6.07, 6.45) is 4.46. The standard InChI is InChI=1S/C29H30N6O3S2/c1-5-13-33-25(32-14-9-10-15-32)21(18(2)22(17-30)26(33)36)16-23-27(37)34(29(39)40-23)24-19(3)31(4)35(28(24)38)20-11-7-6-8-12-20/h6-8,11-12,16H,5,9-10,13-15H2,1-4H3/b23-16-. The third-order valence-corrected chi connectivity index (χ3v) is 8.82. The number of nitrogens with zero attached hydrogens (tertiary/aromatic N) is 6. The molecule has 0 aliphatic carbocycles. The number of carbonyl (C=O) groups excluding carboxylic acids is 1. The molecule has 3 aromatic rings. The van der Waals surface area contributed by atoms with Crippen LogP contribution in [0.1, 0.15) is 48.6 Å². The summed E-state index contributed by atoms with van der Waals surface area (Å²) in [6, 6.07) is 11.3. The van der Waals surface area contributed by atoms with E-state index < -0.39 is 5.91 Å². The Hall–Kier alpha value is -3.88. The third kappa shape index (κ3) is 4.41. The highest BCUT2D eigenvalue weighted by atomic mass is 32.2. The van der Waals surface area contributed by atoms with Gasteiger partial charge in [0.2, 0.25) is 0 Å². The van der Waals surface area contributed by atoms with Gasteiger partial charge < -0.3 is 4.90 Å². The quantitative estimate of drug-likeness (QED) is 0.321. The number of hydrogen-bond donors (Lipinski definition) is 0. The molecule has 2 saturated heterocycles. The molecule has 2 fully saturated rings. The molecule has 40 heavy (non-hydrogen) atoms. The Kier molecular flexibility index (Phi) is 7.57. The van der Waals surface area contributed by atoms with E-state index in [4.69, 9.17) is 12.2 Å². The fourth-order valence-corrected chi connectivity index (χ4v) is 6.70. The second-order valence-electron chi connectivity index (χ2n) is 9.93. The van der Waals surface area contributed by atoms with Gasteiger partial charge in [0.1, 0.15) is 23.1 Å². The van der Waals surface area contributed by atoms with Crippen LogP contribution in [0.15, 0.2) is 44.8 Å². The van der Waals surface area contributed by atoms with E-state index in [1.807, 2.05) is 37.3 Å². The first-order chi connectivity index (χ1) is 19.2. The lowest BCUT2D eigenvalue weighted by Crippen LogP contribution is -2.33. The van der Waals surface area contributed by atoms with Crippen LogP contribution in [0.3, 0.4) is 0 Å². The molecule has 0 N–H and O–H groups in total. The maximum absolute atomic E-state index is 13.9. The number of anilines is 2. The van der Waals surface area contributed by atoms with E-state index in [1.54, 1.807) is 36.2 Å². The number of pyridine rings is 1. The summed E-state index contributed by atoms with van der Waals surface area (Å²) >= 11 is 6.76. The Labute approximate surface area is 241 Å². The number of rotatable bonds is 6. The summed E-state index contributed by atoms with van der Waals surface area (Å²) in [5.74, 6) is 0.327. The summed E-state index contributed by atoms with van der Waals surface area (Å²) in [5.41, 5.74) is 2.11. The number of nitriles is 1. The lowest BCUT2D eigenvalue weighted by atomic mass is 10.0. The summed E-state index contributed by atoms with van der Waals surface area (Å²) < 4.78 is 5.15. The SMILES string of the molecule is CCCn1c(N2CCCC2)c(/C=C2\SC(=S)N(c3c(C)n(C)n(-c4ccccc4)c3=O)C2=O)c(C)c(C#N)c1=O. The molecule has 0 bridgehead atoms. The van der Waals surface area contributed by atoms with Gasteiger partial charge >= 0.3 is 0 Å². The summed E-state index contributed by atoms with van der Waals surface area (Å²) in [4.78, 5) is 44.7. The second-order valence-corrected chi connectivity index (χ2v) is 11.6. The molecule has 9 nitrogen and oxygen atoms in total. The Morgan fingerprint density at radius 3 is 2.38 bits per heavy atom. The molecule has 2 aliphatic rings. The minimum atomic E-state index is -0.403. The van der Waals surface area contributed by atoms with Gasteiger partial charge in [-0.3, -0.25) is 28.5 Å². The molecule has 0 spiro atoms. The van der Waals surface area contributed by atoms with Crippen molar-refractivity contribution >= 4 is 51.8 Å². The van der Waals surface area contributed by atoms with Crippen LogP contribution in [0.4, 0.5) is 11.5 Å². The molecule has 0 saturated carbocycles. The fourth-order valence-electron chi connectivity index (χ4n) is 5.45. The number of amides is 1. The first kappa shape index (κ1) is 27.7. The van der Waals surface area contributed by atoms with Crippen LogP contribution >= 0.6 is 24.0 Å². The number of aromatic nitrogens is 3. The minimum absolute atomic E-state index is 0.0720. The topological polar surface area (TPSA) is 96.3 Å². The molecule has 11 heteroatoms. The van der Waals surface area contributed by atoms with Gasteiger partial charge in [-0.2, -0.15) is 5.26 Å². The van der Waals surface area contributed by atoms with Crippen LogP contribution in [-0.4, -0.2) is 37.2 Å². The number of carbonyl (C=O) groups is 1. The Morgan fingerprint density at radius 1 is 1.07 bits per heavy atom. The first-order valence-corrected chi connectivity index (χ1v) is 14.5. The van der Waals surface area contributed by atoms with E-state index in [1.165, 1.54) is 9.58 Å². The van der Waals surface area contributed by atoms with Gasteiger partial charge in [-0.15, -0.1) is 0 Å². The zero-order valence-electron chi connectivity index (χ0n) is 22.9. The number of thioether (sulfide) groups is 1. The second kappa shape index (κ2) is 10.9. The largest absolute Gasteiger partial charge is 0.357 e. The van der Waals surface area contributed by atoms with Crippen LogP contribution in [0, 0.1) is 25.2 Å². The van der Waals surface area contributed by atoms with E-state index in [2.05, 4.69) is 11.0 Å². The molecule has 1 amide bonds. The fraction of sp³-hybridized carbons (Fsp3) is 0.345. The molecule has 2 aliphatic heterocycles. The minimum Gasteiger partial charge on any atom is -0.357 e. The van der Waals surface area contributed by atoms with E-state index in [9.17, 15) is 19.6 Å². The number of para-hydroxylation sites is 1. The van der Waals surface area contributed by atoms with Crippen molar-refractivity contribution < 1.29 is 4.79 Å². The highest BCUT2D eigenvalue weighted by Gasteiger charge is 2.38. The van der Waals surface area contributed by atoms with Gasteiger partial charge in [0.05, 0.1) is 16.3 Å². The third-order valence-electron chi connectivity index (χ3n) is 7.52. The van der Waals surface area contributed by atoms with Gasteiger partial charge in [0.25, 0.3) is 17.0 Å². The lowest BCUT2D eigenvalue weighted by molar-refractivity contribution is -0.113. The predicted molar refractivity (Wildman–Crippen MR) is 163 cm³/mol. The van der Waals surface area contributed by atoms with Crippen molar-refractivity contribution in [3.05, 3.63) is 78.3 Å². The van der Waals surface area contributed by atoms with E-state index in [-0.39, 0.29) is 26.7 Å². The van der Waals surface area contributed by atoms with Crippen LogP contribution in [-0.2, 0) is 18.4 Å². The average Bonchev–Trinajstić information content (AvgIpc) is 3.62. The maximum Gasteiger partial charge on any atom is 0.296 e. The number of thiocarbonyl (C=S) groups is 1. The highest BCUT2D eigenvalue weighted by Crippen LogP contribution is 2.39. The maximum atomic E-state index is 13.9. The van der Waals surface area contributed by atoms with Gasteiger partial charge in [-0.05, 0) is 56.9 Å². The molecular weight excluding hydrogens is 544 g/mol. The Balaban J connectivity index is 1.66. The summed E-state index contributed by atoms with van der Waals surface area (Å²) in [7, 11) is 1.77. The summed E-state index contributed by atoms with van der Waals surface area (Å²) in [5, 5.41) is 9.86. The van der Waals surface area contributed by atoms with E-state index in [0.717, 1.165) is 49.9 Å². The zero-order chi connectivity index (χ0) is 28.7. The predicted octanol–water partition coefficient (Wildman–Crippen LogP) is 4.24. The van der Waals surface area contributed by atoms with Crippen molar-refractivity contribution in [1.29, 1.82) is 5.26 Å². The van der Waals surface area contributed by atoms with Crippen LogP contribution in [0.2, 0.25) is 0 Å². The Bertz CT molecular complexity index is 1720. The molecule has 0 radical (unpaired) electrons. The molecule has 0 unspecified atom stereocenters. The monoisotopic (exact) mass is 574 g/mol. The molecule has 2 aromatic heterocycles. The van der Waals surface area contributed by atoms with Crippen molar-refractivity contribution in [1.82, 2.24) is 13.9 Å². The van der Waals surface area contributed by atoms with Crippen LogP contribution < -0.4 is 20.9 Å². The van der Waals surface area contributed by atoms with Crippen molar-refractivity contribution in [2.45, 2.75) is 46.6 Å². The molecule has 5 rings (SSSR count). The van der Waals surface area contributed by atoms with Crippen LogP contribution in [0.5, 0.6) is 0 Å². The first-order valence-electron chi connectivity index (χ1n) is 13.3. The van der Waals surface area contributed by atoms with E-state index >= 15 is 0 Å². The van der Waals surface area contributed by atoms with E-state index in [0.29, 0.717) is 34.0 Å². The molecule has 4 heterocycles.